The van der Waals surface area contributed by atoms with Crippen molar-refractivity contribution in [2.24, 2.45) is 5.10 Å². The van der Waals surface area contributed by atoms with Crippen LogP contribution >= 0.6 is 11.3 Å². The van der Waals surface area contributed by atoms with E-state index in [0.29, 0.717) is 5.56 Å². The molecule has 114 valence electrons. The molecular formula is C16H17N3O2S. The van der Waals surface area contributed by atoms with Gasteiger partial charge in [0.15, 0.2) is 0 Å². The van der Waals surface area contributed by atoms with Crippen LogP contribution in [0.25, 0.3) is 0 Å². The number of nitrogens with zero attached hydrogens (tertiary/aromatic N) is 1. The number of amides is 2. The van der Waals surface area contributed by atoms with Crippen molar-refractivity contribution in [3.8, 4) is 0 Å². The third-order valence-corrected chi connectivity index (χ3v) is 3.92. The van der Waals surface area contributed by atoms with Gasteiger partial charge in [0.2, 0.25) is 0 Å². The van der Waals surface area contributed by atoms with Gasteiger partial charge < -0.3 is 5.32 Å². The smallest absolute Gasteiger partial charge is 0.259 e. The van der Waals surface area contributed by atoms with Crippen molar-refractivity contribution in [3.05, 3.63) is 57.3 Å². The Labute approximate surface area is 133 Å². The molecular weight excluding hydrogens is 298 g/mol. The van der Waals surface area contributed by atoms with E-state index in [9.17, 15) is 9.59 Å². The van der Waals surface area contributed by atoms with Crippen LogP contribution in [0.15, 0.2) is 40.8 Å². The number of aryl methyl sites for hydroxylation is 2. The molecule has 0 aliphatic carbocycles. The Morgan fingerprint density at radius 2 is 2.09 bits per heavy atom. The summed E-state index contributed by atoms with van der Waals surface area (Å²) in [5.74, 6) is -0.650. The minimum atomic E-state index is -0.369. The average Bonchev–Trinajstić information content (AvgIpc) is 2.90. The predicted octanol–water partition coefficient (Wildman–Crippen LogP) is 2.25. The predicted molar refractivity (Wildman–Crippen MR) is 88.3 cm³/mol. The molecule has 2 rings (SSSR count). The van der Waals surface area contributed by atoms with Crippen LogP contribution < -0.4 is 10.7 Å². The Morgan fingerprint density at radius 3 is 2.77 bits per heavy atom. The number of hydrogen-bond acceptors (Lipinski definition) is 4. The van der Waals surface area contributed by atoms with Crippen LogP contribution in [0.3, 0.4) is 0 Å². The lowest BCUT2D eigenvalue weighted by molar-refractivity contribution is -0.120. The summed E-state index contributed by atoms with van der Waals surface area (Å²) in [7, 11) is 0. The molecule has 2 amide bonds. The van der Waals surface area contributed by atoms with Crippen LogP contribution in [0.2, 0.25) is 0 Å². The van der Waals surface area contributed by atoms with E-state index in [2.05, 4.69) is 15.8 Å². The highest BCUT2D eigenvalue weighted by Gasteiger charge is 2.07. The molecule has 0 fully saturated rings. The number of nitrogens with one attached hydrogen (secondary N) is 2. The molecule has 22 heavy (non-hydrogen) atoms. The molecule has 1 aromatic carbocycles. The van der Waals surface area contributed by atoms with Gasteiger partial charge in [-0.1, -0.05) is 17.7 Å². The molecule has 0 spiro atoms. The van der Waals surface area contributed by atoms with Gasteiger partial charge in [0.1, 0.15) is 0 Å². The van der Waals surface area contributed by atoms with Crippen LogP contribution in [0.1, 0.15) is 26.4 Å². The van der Waals surface area contributed by atoms with Gasteiger partial charge in [-0.05, 0) is 43.0 Å². The molecule has 0 radical (unpaired) electrons. The third kappa shape index (κ3) is 4.53. The monoisotopic (exact) mass is 315 g/mol. The summed E-state index contributed by atoms with van der Waals surface area (Å²) in [6.45, 7) is 3.76. The van der Waals surface area contributed by atoms with E-state index in [1.54, 1.807) is 35.8 Å². The molecule has 1 heterocycles. The van der Waals surface area contributed by atoms with E-state index in [4.69, 9.17) is 0 Å². The third-order valence-electron chi connectivity index (χ3n) is 2.96. The van der Waals surface area contributed by atoms with Crippen molar-refractivity contribution in [2.75, 3.05) is 6.54 Å². The first-order valence-corrected chi connectivity index (χ1v) is 7.65. The maximum atomic E-state index is 11.9. The highest BCUT2D eigenvalue weighted by atomic mass is 32.1. The van der Waals surface area contributed by atoms with Crippen LogP contribution in [-0.2, 0) is 4.79 Å². The van der Waals surface area contributed by atoms with Gasteiger partial charge in [-0.2, -0.15) is 5.10 Å². The Balaban J connectivity index is 1.79. The second-order valence-electron chi connectivity index (χ2n) is 4.81. The first-order valence-electron chi connectivity index (χ1n) is 6.77. The van der Waals surface area contributed by atoms with E-state index in [1.807, 2.05) is 31.4 Å². The summed E-state index contributed by atoms with van der Waals surface area (Å²) in [6.07, 6.45) is 1.60. The largest absolute Gasteiger partial charge is 0.343 e. The summed E-state index contributed by atoms with van der Waals surface area (Å²) >= 11 is 1.55. The number of carbonyl (C=O) groups excluding carboxylic acids is 2. The Morgan fingerprint density at radius 1 is 1.27 bits per heavy atom. The van der Waals surface area contributed by atoms with Gasteiger partial charge in [0, 0.05) is 10.4 Å². The fourth-order valence-electron chi connectivity index (χ4n) is 1.77. The van der Waals surface area contributed by atoms with E-state index in [-0.39, 0.29) is 18.4 Å². The molecule has 6 heteroatoms. The van der Waals surface area contributed by atoms with Gasteiger partial charge >= 0.3 is 0 Å². The van der Waals surface area contributed by atoms with Crippen LogP contribution in [0.5, 0.6) is 0 Å². The zero-order valence-electron chi connectivity index (χ0n) is 12.4. The SMILES string of the molecule is Cc1cccc(C(=O)NCC(=O)N/N=C\c2sccc2C)c1. The molecule has 1 aromatic heterocycles. The molecule has 2 aromatic rings. The molecule has 0 bridgehead atoms. The molecule has 0 unspecified atom stereocenters. The summed E-state index contributed by atoms with van der Waals surface area (Å²) in [5, 5.41) is 8.39. The lowest BCUT2D eigenvalue weighted by Gasteiger charge is -2.04. The van der Waals surface area contributed by atoms with Crippen LogP contribution in [0.4, 0.5) is 0 Å². The zero-order chi connectivity index (χ0) is 15.9. The quantitative estimate of drug-likeness (QED) is 0.656. The van der Waals surface area contributed by atoms with Gasteiger partial charge in [-0.15, -0.1) is 11.3 Å². The van der Waals surface area contributed by atoms with Gasteiger partial charge in [-0.25, -0.2) is 5.43 Å². The minimum Gasteiger partial charge on any atom is -0.343 e. The zero-order valence-corrected chi connectivity index (χ0v) is 13.2. The lowest BCUT2D eigenvalue weighted by atomic mass is 10.1. The lowest BCUT2D eigenvalue weighted by Crippen LogP contribution is -2.34. The Kier molecular flexibility index (Phi) is 5.43. The van der Waals surface area contributed by atoms with Crippen molar-refractivity contribution in [3.63, 3.8) is 0 Å². The van der Waals surface area contributed by atoms with Crippen molar-refractivity contribution < 1.29 is 9.59 Å². The first kappa shape index (κ1) is 15.9. The minimum absolute atomic E-state index is 0.118. The van der Waals surface area contributed by atoms with Gasteiger partial charge in [0.05, 0.1) is 12.8 Å². The normalized spacial score (nSPS) is 10.6. The van der Waals surface area contributed by atoms with E-state index in [0.717, 1.165) is 16.0 Å². The second kappa shape index (κ2) is 7.51. The van der Waals surface area contributed by atoms with Gasteiger partial charge in [-0.3, -0.25) is 9.59 Å². The Bertz CT molecular complexity index is 707. The highest BCUT2D eigenvalue weighted by molar-refractivity contribution is 7.11. The summed E-state index contributed by atoms with van der Waals surface area (Å²) in [5.41, 5.74) is 5.02. The number of hydrogen-bond donors (Lipinski definition) is 2. The van der Waals surface area contributed by atoms with E-state index < -0.39 is 0 Å². The van der Waals surface area contributed by atoms with Crippen molar-refractivity contribution in [1.82, 2.24) is 10.7 Å². The molecule has 0 saturated carbocycles. The van der Waals surface area contributed by atoms with Crippen molar-refractivity contribution >= 4 is 29.4 Å². The van der Waals surface area contributed by atoms with Crippen molar-refractivity contribution in [1.29, 1.82) is 0 Å². The summed E-state index contributed by atoms with van der Waals surface area (Å²) in [6, 6.07) is 9.17. The number of hydrazone groups is 1. The number of thiophene rings is 1. The molecule has 0 aliphatic rings. The number of rotatable bonds is 5. The van der Waals surface area contributed by atoms with Crippen LogP contribution in [-0.4, -0.2) is 24.6 Å². The summed E-state index contributed by atoms with van der Waals surface area (Å²) in [4.78, 5) is 24.5. The molecule has 0 atom stereocenters. The van der Waals surface area contributed by atoms with E-state index in [1.165, 1.54) is 0 Å². The molecule has 0 aliphatic heterocycles. The molecule has 5 nitrogen and oxygen atoms in total. The average molecular weight is 315 g/mol. The topological polar surface area (TPSA) is 70.6 Å². The van der Waals surface area contributed by atoms with Gasteiger partial charge in [0.25, 0.3) is 11.8 Å². The fourth-order valence-corrected chi connectivity index (χ4v) is 2.55. The van der Waals surface area contributed by atoms with E-state index >= 15 is 0 Å². The van der Waals surface area contributed by atoms with Crippen LogP contribution in [0, 0.1) is 13.8 Å². The Hall–Kier alpha value is -2.47. The maximum Gasteiger partial charge on any atom is 0.259 e. The highest BCUT2D eigenvalue weighted by Crippen LogP contribution is 2.12. The summed E-state index contributed by atoms with van der Waals surface area (Å²) < 4.78 is 0. The molecule has 2 N–H and O–H groups in total. The standard InChI is InChI=1S/C16H17N3O2S/c1-11-4-3-5-13(8-11)16(21)17-10-15(20)19-18-9-14-12(2)6-7-22-14/h3-9H,10H2,1-2H3,(H,17,21)(H,19,20)/b18-9-. The van der Waals surface area contributed by atoms with Crippen molar-refractivity contribution in [2.45, 2.75) is 13.8 Å². The fraction of sp³-hybridized carbons (Fsp3) is 0.188. The second-order valence-corrected chi connectivity index (χ2v) is 5.76. The number of carbonyl (C=O) groups is 2. The number of benzene rings is 1. The maximum absolute atomic E-state index is 11.9. The molecule has 0 saturated heterocycles. The first-order chi connectivity index (χ1) is 10.6.